The standard InChI is InChI=1S/C6H7O2S/c7-9(8)6-4-2-1-3-5-6/h1-5,7-8H/q+1. The number of benzene rings is 1. The van der Waals surface area contributed by atoms with E-state index in [-0.39, 0.29) is 0 Å². The first-order chi connectivity index (χ1) is 4.30. The van der Waals surface area contributed by atoms with Crippen LogP contribution in [-0.4, -0.2) is 9.11 Å². The molecule has 0 aliphatic rings. The average molecular weight is 143 g/mol. The van der Waals surface area contributed by atoms with Gasteiger partial charge in [0, 0.05) is 12.1 Å². The highest BCUT2D eigenvalue weighted by molar-refractivity contribution is 7.85. The van der Waals surface area contributed by atoms with Crippen molar-refractivity contribution in [2.75, 3.05) is 0 Å². The Morgan fingerprint density at radius 2 is 1.56 bits per heavy atom. The SMILES string of the molecule is O[S+](O)c1ccccc1. The van der Waals surface area contributed by atoms with Gasteiger partial charge in [0.05, 0.1) is 0 Å². The maximum atomic E-state index is 8.61. The summed E-state index contributed by atoms with van der Waals surface area (Å²) >= 11 is -1.58. The molecule has 0 amide bonds. The van der Waals surface area contributed by atoms with Crippen molar-refractivity contribution in [3.8, 4) is 0 Å². The molecule has 0 aliphatic carbocycles. The summed E-state index contributed by atoms with van der Waals surface area (Å²) < 4.78 is 17.2. The number of hydrogen-bond donors (Lipinski definition) is 2. The van der Waals surface area contributed by atoms with Gasteiger partial charge in [0.15, 0.2) is 0 Å². The van der Waals surface area contributed by atoms with E-state index in [9.17, 15) is 0 Å². The molecule has 0 radical (unpaired) electrons. The molecule has 0 spiro atoms. The van der Waals surface area contributed by atoms with Gasteiger partial charge in [-0.25, -0.2) is 0 Å². The van der Waals surface area contributed by atoms with E-state index in [1.165, 1.54) is 0 Å². The Kier molecular flexibility index (Phi) is 2.10. The zero-order valence-corrected chi connectivity index (χ0v) is 5.51. The summed E-state index contributed by atoms with van der Waals surface area (Å²) in [6.45, 7) is 0. The topological polar surface area (TPSA) is 40.5 Å². The van der Waals surface area contributed by atoms with E-state index in [0.29, 0.717) is 4.90 Å². The van der Waals surface area contributed by atoms with Crippen molar-refractivity contribution in [1.29, 1.82) is 0 Å². The Labute approximate surface area is 56.5 Å². The minimum atomic E-state index is -1.58. The van der Waals surface area contributed by atoms with Gasteiger partial charge in [0.25, 0.3) is 0 Å². The van der Waals surface area contributed by atoms with Crippen molar-refractivity contribution in [2.45, 2.75) is 4.90 Å². The molecule has 1 rings (SSSR count). The van der Waals surface area contributed by atoms with Crippen LogP contribution < -0.4 is 0 Å². The van der Waals surface area contributed by atoms with Crippen LogP contribution in [-0.2, 0) is 11.5 Å². The summed E-state index contributed by atoms with van der Waals surface area (Å²) in [6.07, 6.45) is 0. The normalized spacial score (nSPS) is 10.1. The summed E-state index contributed by atoms with van der Waals surface area (Å²) in [5.41, 5.74) is 0. The molecule has 0 bridgehead atoms. The van der Waals surface area contributed by atoms with Gasteiger partial charge in [-0.15, -0.1) is 0 Å². The van der Waals surface area contributed by atoms with E-state index >= 15 is 0 Å². The molecule has 0 aliphatic heterocycles. The van der Waals surface area contributed by atoms with E-state index in [1.54, 1.807) is 24.3 Å². The van der Waals surface area contributed by atoms with Gasteiger partial charge in [-0.3, -0.25) is 0 Å². The van der Waals surface area contributed by atoms with Crippen LogP contribution >= 0.6 is 0 Å². The third-order valence-electron chi connectivity index (χ3n) is 0.954. The zero-order valence-electron chi connectivity index (χ0n) is 4.69. The van der Waals surface area contributed by atoms with Gasteiger partial charge in [0.1, 0.15) is 0 Å². The molecule has 1 aromatic carbocycles. The monoisotopic (exact) mass is 143 g/mol. The van der Waals surface area contributed by atoms with Crippen LogP contribution in [0.15, 0.2) is 35.2 Å². The second kappa shape index (κ2) is 2.87. The summed E-state index contributed by atoms with van der Waals surface area (Å²) in [7, 11) is 0. The summed E-state index contributed by atoms with van der Waals surface area (Å²) in [4.78, 5) is 0.553. The largest absolute Gasteiger partial charge is 0.351 e. The molecule has 0 heterocycles. The first-order valence-electron chi connectivity index (χ1n) is 2.48. The van der Waals surface area contributed by atoms with Crippen LogP contribution in [0.25, 0.3) is 0 Å². The number of hydrogen-bond acceptors (Lipinski definition) is 2. The highest BCUT2D eigenvalue weighted by Gasteiger charge is 2.13. The Morgan fingerprint density at radius 3 is 1.89 bits per heavy atom. The van der Waals surface area contributed by atoms with Crippen molar-refractivity contribution in [3.05, 3.63) is 30.3 Å². The molecule has 0 fully saturated rings. The van der Waals surface area contributed by atoms with Crippen LogP contribution in [0.2, 0.25) is 0 Å². The average Bonchev–Trinajstić information content (AvgIpc) is 1.90. The predicted octanol–water partition coefficient (Wildman–Crippen LogP) is 1.61. The van der Waals surface area contributed by atoms with E-state index in [2.05, 4.69) is 0 Å². The molecule has 3 heteroatoms. The molecule has 9 heavy (non-hydrogen) atoms. The number of rotatable bonds is 1. The third-order valence-corrected chi connectivity index (χ3v) is 1.65. The van der Waals surface area contributed by atoms with E-state index in [0.717, 1.165) is 0 Å². The van der Waals surface area contributed by atoms with E-state index in [1.807, 2.05) is 6.07 Å². The van der Waals surface area contributed by atoms with Gasteiger partial charge < -0.3 is 0 Å². The Balaban J connectivity index is 2.85. The van der Waals surface area contributed by atoms with Gasteiger partial charge >= 0.3 is 11.5 Å². The molecular formula is C6H7O2S+. The van der Waals surface area contributed by atoms with Gasteiger partial charge in [-0.1, -0.05) is 18.2 Å². The molecule has 0 atom stereocenters. The van der Waals surface area contributed by atoms with Crippen molar-refractivity contribution in [2.24, 2.45) is 0 Å². The summed E-state index contributed by atoms with van der Waals surface area (Å²) in [5.74, 6) is 0. The van der Waals surface area contributed by atoms with Crippen LogP contribution in [0.1, 0.15) is 0 Å². The maximum absolute atomic E-state index is 8.61. The molecule has 2 N–H and O–H groups in total. The van der Waals surface area contributed by atoms with Gasteiger partial charge in [-0.2, -0.15) is 9.11 Å². The highest BCUT2D eigenvalue weighted by Crippen LogP contribution is 2.05. The van der Waals surface area contributed by atoms with Gasteiger partial charge in [-0.05, 0) is 0 Å². The highest BCUT2D eigenvalue weighted by atomic mass is 32.2. The Morgan fingerprint density at radius 1 is 1.00 bits per heavy atom. The molecule has 0 aromatic heterocycles. The Bertz CT molecular complexity index is 174. The lowest BCUT2D eigenvalue weighted by Gasteiger charge is -1.85. The minimum Gasteiger partial charge on any atom is -0.150 e. The third kappa shape index (κ3) is 1.71. The zero-order chi connectivity index (χ0) is 6.69. The summed E-state index contributed by atoms with van der Waals surface area (Å²) in [6, 6.07) is 8.70. The lowest BCUT2D eigenvalue weighted by atomic mass is 10.4. The molecule has 48 valence electrons. The van der Waals surface area contributed by atoms with Crippen LogP contribution in [0.4, 0.5) is 0 Å². The smallest absolute Gasteiger partial charge is 0.150 e. The van der Waals surface area contributed by atoms with Crippen molar-refractivity contribution in [1.82, 2.24) is 0 Å². The molecule has 1 aromatic rings. The molecule has 2 nitrogen and oxygen atoms in total. The minimum absolute atomic E-state index is 0.553. The predicted molar refractivity (Wildman–Crippen MR) is 37.3 cm³/mol. The Hall–Kier alpha value is -0.510. The van der Waals surface area contributed by atoms with Gasteiger partial charge in [0.2, 0.25) is 4.90 Å². The first kappa shape index (κ1) is 6.61. The van der Waals surface area contributed by atoms with E-state index < -0.39 is 11.5 Å². The van der Waals surface area contributed by atoms with Crippen LogP contribution in [0.3, 0.4) is 0 Å². The van der Waals surface area contributed by atoms with Crippen molar-refractivity contribution >= 4 is 11.5 Å². The molecular weight excluding hydrogens is 136 g/mol. The van der Waals surface area contributed by atoms with Crippen molar-refractivity contribution < 1.29 is 9.11 Å². The lowest BCUT2D eigenvalue weighted by molar-refractivity contribution is 0.505. The van der Waals surface area contributed by atoms with Crippen LogP contribution in [0, 0.1) is 0 Å². The van der Waals surface area contributed by atoms with Crippen LogP contribution in [0.5, 0.6) is 0 Å². The quantitative estimate of drug-likeness (QED) is 0.586. The fourth-order valence-corrected chi connectivity index (χ4v) is 0.943. The molecule has 0 saturated heterocycles. The maximum Gasteiger partial charge on any atom is 0.351 e. The second-order valence-corrected chi connectivity index (χ2v) is 2.58. The van der Waals surface area contributed by atoms with E-state index in [4.69, 9.17) is 9.11 Å². The fraction of sp³-hybridized carbons (Fsp3) is 0. The lowest BCUT2D eigenvalue weighted by Crippen LogP contribution is -1.95. The fourth-order valence-electron chi connectivity index (χ4n) is 0.542. The second-order valence-electron chi connectivity index (χ2n) is 1.58. The summed E-state index contributed by atoms with van der Waals surface area (Å²) in [5, 5.41) is 0. The molecule has 0 saturated carbocycles. The molecule has 0 unspecified atom stereocenters. The first-order valence-corrected chi connectivity index (χ1v) is 3.62. The van der Waals surface area contributed by atoms with Crippen molar-refractivity contribution in [3.63, 3.8) is 0 Å².